The predicted octanol–water partition coefficient (Wildman–Crippen LogP) is 0.806. The minimum Gasteiger partial charge on any atom is -0.246 e. The zero-order valence-electron chi connectivity index (χ0n) is 6.91. The van der Waals surface area contributed by atoms with Gasteiger partial charge in [-0.05, 0) is 6.07 Å². The van der Waals surface area contributed by atoms with E-state index < -0.39 is 10.8 Å². The summed E-state index contributed by atoms with van der Waals surface area (Å²) in [6, 6.07) is 1.76. The van der Waals surface area contributed by atoms with Crippen molar-refractivity contribution < 1.29 is 4.21 Å². The smallest absolute Gasteiger partial charge is 0.159 e. The van der Waals surface area contributed by atoms with Crippen LogP contribution in [0.25, 0.3) is 11.0 Å². The topological polar surface area (TPSA) is 68.1 Å². The summed E-state index contributed by atoms with van der Waals surface area (Å²) in [5.74, 6) is 0. The van der Waals surface area contributed by atoms with E-state index in [-0.39, 0.29) is 0 Å². The third-order valence-electron chi connectivity index (χ3n) is 1.92. The van der Waals surface area contributed by atoms with Crippen molar-refractivity contribution in [1.82, 2.24) is 15.0 Å². The van der Waals surface area contributed by atoms with Gasteiger partial charge in [-0.15, -0.1) is 0 Å². The summed E-state index contributed by atoms with van der Waals surface area (Å²) in [6.07, 6.45) is 3.05. The molecule has 0 bridgehead atoms. The number of aromatic nitrogens is 3. The highest BCUT2D eigenvalue weighted by atomic mass is 32.2. The fraction of sp³-hybridized carbons (Fsp3) is 0. The van der Waals surface area contributed by atoms with Crippen molar-refractivity contribution in [2.45, 2.75) is 5.03 Å². The Balaban J connectivity index is 2.42. The molecule has 3 rings (SSSR count). The SMILES string of the molecule is O=S1C=Nc2cc3ncncc3nc21. The minimum absolute atomic E-state index is 0.493. The maximum atomic E-state index is 11.4. The van der Waals surface area contributed by atoms with Crippen LogP contribution in [0, 0.1) is 0 Å². The molecule has 14 heavy (non-hydrogen) atoms. The zero-order chi connectivity index (χ0) is 9.54. The lowest BCUT2D eigenvalue weighted by molar-refractivity contribution is 0.689. The maximum Gasteiger partial charge on any atom is 0.159 e. The fourth-order valence-electron chi connectivity index (χ4n) is 1.28. The summed E-state index contributed by atoms with van der Waals surface area (Å²) in [5, 5.41) is 0.493. The van der Waals surface area contributed by atoms with Gasteiger partial charge in [-0.3, -0.25) is 0 Å². The Labute approximate surface area is 81.4 Å². The van der Waals surface area contributed by atoms with Crippen LogP contribution in [0.2, 0.25) is 0 Å². The van der Waals surface area contributed by atoms with Crippen LogP contribution in [0.5, 0.6) is 0 Å². The Hall–Kier alpha value is -1.69. The second-order valence-corrected chi connectivity index (χ2v) is 3.96. The highest BCUT2D eigenvalue weighted by Crippen LogP contribution is 2.27. The number of aliphatic imine (C=N–C) groups is 1. The first-order valence-corrected chi connectivity index (χ1v) is 5.11. The van der Waals surface area contributed by atoms with Crippen molar-refractivity contribution >= 4 is 33.1 Å². The van der Waals surface area contributed by atoms with Crippen LogP contribution in [-0.2, 0) is 10.8 Å². The molecular formula is C8H4N4OS. The summed E-state index contributed by atoms with van der Waals surface area (Å²) in [5.41, 5.74) is 3.37. The van der Waals surface area contributed by atoms with Crippen LogP contribution in [0.4, 0.5) is 5.69 Å². The van der Waals surface area contributed by atoms with Gasteiger partial charge in [0, 0.05) is 0 Å². The van der Waals surface area contributed by atoms with E-state index in [0.717, 1.165) is 5.52 Å². The summed E-state index contributed by atoms with van der Waals surface area (Å²) in [7, 11) is -1.21. The fourth-order valence-corrected chi connectivity index (χ4v) is 2.10. The van der Waals surface area contributed by atoms with Gasteiger partial charge in [-0.2, -0.15) is 0 Å². The lowest BCUT2D eigenvalue weighted by Crippen LogP contribution is -1.92. The first-order chi connectivity index (χ1) is 6.84. The lowest BCUT2D eigenvalue weighted by Gasteiger charge is -1.97. The van der Waals surface area contributed by atoms with Crippen molar-refractivity contribution in [3.8, 4) is 0 Å². The number of hydrogen-bond donors (Lipinski definition) is 0. The third-order valence-corrected chi connectivity index (χ3v) is 2.89. The monoisotopic (exact) mass is 204 g/mol. The molecule has 1 atom stereocenters. The highest BCUT2D eigenvalue weighted by molar-refractivity contribution is 7.99. The Morgan fingerprint density at radius 2 is 2.21 bits per heavy atom. The van der Waals surface area contributed by atoms with Gasteiger partial charge in [0.05, 0.1) is 17.3 Å². The second-order valence-electron chi connectivity index (χ2n) is 2.77. The number of rotatable bonds is 0. The van der Waals surface area contributed by atoms with Crippen LogP contribution in [0.3, 0.4) is 0 Å². The summed E-state index contributed by atoms with van der Waals surface area (Å²) >= 11 is 0. The van der Waals surface area contributed by atoms with Gasteiger partial charge in [-0.25, -0.2) is 24.2 Å². The van der Waals surface area contributed by atoms with Crippen molar-refractivity contribution in [2.24, 2.45) is 4.99 Å². The van der Waals surface area contributed by atoms with Gasteiger partial charge in [-0.1, -0.05) is 0 Å². The molecule has 5 nitrogen and oxygen atoms in total. The van der Waals surface area contributed by atoms with E-state index in [1.165, 1.54) is 11.9 Å². The van der Waals surface area contributed by atoms with Gasteiger partial charge >= 0.3 is 0 Å². The zero-order valence-corrected chi connectivity index (χ0v) is 7.73. The molecule has 2 aromatic rings. The first-order valence-electron chi connectivity index (χ1n) is 3.90. The Morgan fingerprint density at radius 3 is 3.14 bits per heavy atom. The average Bonchev–Trinajstić information content (AvgIpc) is 2.57. The van der Waals surface area contributed by atoms with Crippen LogP contribution < -0.4 is 0 Å². The van der Waals surface area contributed by atoms with Crippen LogP contribution >= 0.6 is 0 Å². The molecule has 0 aromatic carbocycles. The molecule has 0 fully saturated rings. The highest BCUT2D eigenvalue weighted by Gasteiger charge is 2.16. The van der Waals surface area contributed by atoms with Gasteiger partial charge in [0.2, 0.25) is 0 Å². The molecular weight excluding hydrogens is 200 g/mol. The van der Waals surface area contributed by atoms with Crippen molar-refractivity contribution in [1.29, 1.82) is 0 Å². The van der Waals surface area contributed by atoms with Crippen LogP contribution in [0.1, 0.15) is 0 Å². The molecule has 0 saturated carbocycles. The van der Waals surface area contributed by atoms with E-state index in [2.05, 4.69) is 19.9 Å². The van der Waals surface area contributed by atoms with Crippen LogP contribution in [-0.4, -0.2) is 24.7 Å². The van der Waals surface area contributed by atoms with Crippen molar-refractivity contribution in [3.63, 3.8) is 0 Å². The predicted molar refractivity (Wildman–Crippen MR) is 51.9 cm³/mol. The third kappa shape index (κ3) is 0.973. The number of nitrogens with zero attached hydrogens (tertiary/aromatic N) is 4. The van der Waals surface area contributed by atoms with E-state index in [0.29, 0.717) is 16.2 Å². The molecule has 0 saturated heterocycles. The average molecular weight is 204 g/mol. The van der Waals surface area contributed by atoms with E-state index in [1.807, 2.05) is 0 Å². The summed E-state index contributed by atoms with van der Waals surface area (Å²) in [4.78, 5) is 16.1. The molecule has 0 amide bonds. The Morgan fingerprint density at radius 1 is 1.29 bits per heavy atom. The Bertz CT molecular complexity index is 581. The van der Waals surface area contributed by atoms with E-state index in [1.54, 1.807) is 12.3 Å². The summed E-state index contributed by atoms with van der Waals surface area (Å²) in [6.45, 7) is 0. The van der Waals surface area contributed by atoms with Crippen molar-refractivity contribution in [2.75, 3.05) is 0 Å². The molecule has 68 valence electrons. The molecule has 3 heterocycles. The second kappa shape index (κ2) is 2.65. The van der Waals surface area contributed by atoms with Crippen LogP contribution in [0.15, 0.2) is 28.6 Å². The maximum absolute atomic E-state index is 11.4. The number of hydrogen-bond acceptors (Lipinski definition) is 5. The van der Waals surface area contributed by atoms with Gasteiger partial charge in [0.15, 0.2) is 5.03 Å². The molecule has 1 unspecified atom stereocenters. The van der Waals surface area contributed by atoms with Gasteiger partial charge in [0.25, 0.3) is 0 Å². The number of pyridine rings is 1. The molecule has 2 aromatic heterocycles. The normalized spacial score (nSPS) is 18.7. The molecule has 6 heteroatoms. The first kappa shape index (κ1) is 7.69. The van der Waals surface area contributed by atoms with Gasteiger partial charge in [0.1, 0.15) is 28.3 Å². The molecule has 0 spiro atoms. The van der Waals surface area contributed by atoms with Crippen molar-refractivity contribution in [3.05, 3.63) is 18.6 Å². The van der Waals surface area contributed by atoms with Gasteiger partial charge < -0.3 is 0 Å². The molecule has 1 aliphatic heterocycles. The minimum atomic E-state index is -1.21. The van der Waals surface area contributed by atoms with E-state index in [9.17, 15) is 4.21 Å². The van der Waals surface area contributed by atoms with E-state index in [4.69, 9.17) is 0 Å². The Kier molecular flexibility index (Phi) is 1.45. The molecule has 0 aliphatic carbocycles. The molecule has 1 aliphatic rings. The number of fused-ring (bicyclic) bond motifs is 2. The lowest BCUT2D eigenvalue weighted by atomic mass is 10.3. The largest absolute Gasteiger partial charge is 0.246 e. The molecule has 0 N–H and O–H groups in total. The standard InChI is InChI=1S/C8H4N4OS/c13-14-4-11-6-1-5-7(12-8(6)14)2-9-3-10-5/h1-4H. The quantitative estimate of drug-likeness (QED) is 0.636. The summed E-state index contributed by atoms with van der Waals surface area (Å²) < 4.78 is 11.4. The molecule has 0 radical (unpaired) electrons. The van der Waals surface area contributed by atoms with E-state index >= 15 is 0 Å².